The normalized spacial score (nSPS) is 23.8. The molecular weight excluding hydrogens is 212 g/mol. The molecule has 0 aromatic rings. The molecule has 6 heteroatoms. The molecular formula is C10H18N2O4. The van der Waals surface area contributed by atoms with Crippen LogP contribution in [0.2, 0.25) is 0 Å². The SMILES string of the molecule is CC(CO)C(=O)NC1CCCCN(O)C1=O. The van der Waals surface area contributed by atoms with Gasteiger partial charge in [-0.3, -0.25) is 14.8 Å². The minimum Gasteiger partial charge on any atom is -0.396 e. The molecule has 2 atom stereocenters. The average Bonchev–Trinajstić information content (AvgIpc) is 2.43. The van der Waals surface area contributed by atoms with Gasteiger partial charge in [0.05, 0.1) is 12.5 Å². The minimum absolute atomic E-state index is 0.254. The van der Waals surface area contributed by atoms with Crippen LogP contribution in [0.3, 0.4) is 0 Å². The molecule has 0 spiro atoms. The van der Waals surface area contributed by atoms with Crippen molar-refractivity contribution in [3.05, 3.63) is 0 Å². The van der Waals surface area contributed by atoms with Gasteiger partial charge in [-0.15, -0.1) is 0 Å². The van der Waals surface area contributed by atoms with Gasteiger partial charge in [-0.2, -0.15) is 0 Å². The highest BCUT2D eigenvalue weighted by Gasteiger charge is 2.28. The van der Waals surface area contributed by atoms with Crippen molar-refractivity contribution in [3.63, 3.8) is 0 Å². The van der Waals surface area contributed by atoms with Crippen LogP contribution >= 0.6 is 0 Å². The van der Waals surface area contributed by atoms with Crippen LogP contribution in [0.15, 0.2) is 0 Å². The molecule has 0 aromatic carbocycles. The van der Waals surface area contributed by atoms with Crippen LogP contribution in [-0.2, 0) is 9.59 Å². The number of hydrogen-bond acceptors (Lipinski definition) is 4. The number of rotatable bonds is 3. The van der Waals surface area contributed by atoms with Gasteiger partial charge in [-0.25, -0.2) is 5.06 Å². The van der Waals surface area contributed by atoms with Gasteiger partial charge in [0.2, 0.25) is 5.91 Å². The molecule has 1 saturated heterocycles. The number of amides is 2. The van der Waals surface area contributed by atoms with E-state index in [1.54, 1.807) is 6.92 Å². The van der Waals surface area contributed by atoms with Gasteiger partial charge in [-0.1, -0.05) is 6.92 Å². The molecule has 2 unspecified atom stereocenters. The predicted octanol–water partition coefficient (Wildman–Crippen LogP) is -0.499. The van der Waals surface area contributed by atoms with E-state index in [0.29, 0.717) is 18.0 Å². The van der Waals surface area contributed by atoms with Gasteiger partial charge in [0.25, 0.3) is 5.91 Å². The summed E-state index contributed by atoms with van der Waals surface area (Å²) in [5.74, 6) is -1.38. The maximum atomic E-state index is 11.6. The van der Waals surface area contributed by atoms with Crippen molar-refractivity contribution in [1.29, 1.82) is 0 Å². The Morgan fingerprint density at radius 3 is 2.94 bits per heavy atom. The van der Waals surface area contributed by atoms with E-state index in [1.807, 2.05) is 0 Å². The Morgan fingerprint density at radius 2 is 2.31 bits per heavy atom. The molecule has 1 heterocycles. The molecule has 0 aliphatic carbocycles. The number of hydrogen-bond donors (Lipinski definition) is 3. The first-order chi connectivity index (χ1) is 7.56. The maximum Gasteiger partial charge on any atom is 0.268 e. The summed E-state index contributed by atoms with van der Waals surface area (Å²) in [4.78, 5) is 23.1. The van der Waals surface area contributed by atoms with Gasteiger partial charge in [0.15, 0.2) is 0 Å². The molecule has 1 aliphatic rings. The topological polar surface area (TPSA) is 89.9 Å². The molecule has 0 bridgehead atoms. The Morgan fingerprint density at radius 1 is 1.62 bits per heavy atom. The van der Waals surface area contributed by atoms with Crippen molar-refractivity contribution >= 4 is 11.8 Å². The van der Waals surface area contributed by atoms with Gasteiger partial charge in [0, 0.05) is 6.54 Å². The van der Waals surface area contributed by atoms with Crippen molar-refractivity contribution in [1.82, 2.24) is 10.4 Å². The fraction of sp³-hybridized carbons (Fsp3) is 0.800. The van der Waals surface area contributed by atoms with Crippen LogP contribution in [0.5, 0.6) is 0 Å². The van der Waals surface area contributed by atoms with Gasteiger partial charge in [-0.05, 0) is 19.3 Å². The van der Waals surface area contributed by atoms with E-state index in [0.717, 1.165) is 12.8 Å². The second-order valence-corrected chi connectivity index (χ2v) is 4.10. The second kappa shape index (κ2) is 5.81. The highest BCUT2D eigenvalue weighted by Crippen LogP contribution is 2.11. The van der Waals surface area contributed by atoms with Gasteiger partial charge < -0.3 is 10.4 Å². The highest BCUT2D eigenvalue weighted by molar-refractivity contribution is 5.88. The molecule has 1 fully saturated rings. The third-order valence-corrected chi connectivity index (χ3v) is 2.70. The standard InChI is InChI=1S/C10H18N2O4/c1-7(6-13)9(14)11-8-4-2-3-5-12(16)10(8)15/h7-8,13,16H,2-6H2,1H3,(H,11,14). The van der Waals surface area contributed by atoms with E-state index >= 15 is 0 Å². The molecule has 6 nitrogen and oxygen atoms in total. The van der Waals surface area contributed by atoms with Crippen molar-refractivity contribution in [2.75, 3.05) is 13.2 Å². The predicted molar refractivity (Wildman–Crippen MR) is 55.5 cm³/mol. The minimum atomic E-state index is -0.672. The lowest BCUT2D eigenvalue weighted by Gasteiger charge is -2.20. The fourth-order valence-corrected chi connectivity index (χ4v) is 1.55. The summed E-state index contributed by atoms with van der Waals surface area (Å²) in [6.07, 6.45) is 2.03. The first-order valence-electron chi connectivity index (χ1n) is 5.47. The molecule has 0 radical (unpaired) electrons. The van der Waals surface area contributed by atoms with Crippen molar-refractivity contribution in [3.8, 4) is 0 Å². The lowest BCUT2D eigenvalue weighted by molar-refractivity contribution is -0.167. The van der Waals surface area contributed by atoms with Crippen molar-refractivity contribution < 1.29 is 19.9 Å². The fourth-order valence-electron chi connectivity index (χ4n) is 1.55. The van der Waals surface area contributed by atoms with Crippen LogP contribution in [-0.4, -0.2) is 46.4 Å². The number of nitrogens with zero attached hydrogens (tertiary/aromatic N) is 1. The molecule has 1 rings (SSSR count). The lowest BCUT2D eigenvalue weighted by atomic mass is 10.1. The molecule has 3 N–H and O–H groups in total. The number of carbonyl (C=O) groups excluding carboxylic acids is 2. The Balaban J connectivity index is 2.57. The average molecular weight is 230 g/mol. The number of carbonyl (C=O) groups is 2. The highest BCUT2D eigenvalue weighted by atomic mass is 16.5. The molecule has 1 aliphatic heterocycles. The Bertz CT molecular complexity index is 270. The van der Waals surface area contributed by atoms with Crippen LogP contribution in [0, 0.1) is 5.92 Å². The quantitative estimate of drug-likeness (QED) is 0.570. The zero-order chi connectivity index (χ0) is 12.1. The first kappa shape index (κ1) is 12.9. The van der Waals surface area contributed by atoms with E-state index in [4.69, 9.17) is 5.11 Å². The summed E-state index contributed by atoms with van der Waals surface area (Å²) in [5, 5.41) is 21.3. The van der Waals surface area contributed by atoms with E-state index < -0.39 is 17.9 Å². The largest absolute Gasteiger partial charge is 0.396 e. The molecule has 0 aromatic heterocycles. The van der Waals surface area contributed by atoms with Crippen LogP contribution < -0.4 is 5.32 Å². The summed E-state index contributed by atoms with van der Waals surface area (Å²) >= 11 is 0. The van der Waals surface area contributed by atoms with E-state index in [-0.39, 0.29) is 12.5 Å². The Kier molecular flexibility index (Phi) is 4.70. The molecule has 2 amide bonds. The summed E-state index contributed by atoms with van der Waals surface area (Å²) in [6.45, 7) is 1.63. The van der Waals surface area contributed by atoms with E-state index in [9.17, 15) is 14.8 Å². The molecule has 92 valence electrons. The van der Waals surface area contributed by atoms with E-state index in [1.165, 1.54) is 0 Å². The summed E-state index contributed by atoms with van der Waals surface area (Å²) in [5.41, 5.74) is 0. The Hall–Kier alpha value is -1.14. The maximum absolute atomic E-state index is 11.6. The van der Waals surface area contributed by atoms with Crippen LogP contribution in [0.25, 0.3) is 0 Å². The smallest absolute Gasteiger partial charge is 0.268 e. The van der Waals surface area contributed by atoms with Gasteiger partial charge in [0.1, 0.15) is 6.04 Å². The zero-order valence-corrected chi connectivity index (χ0v) is 9.35. The van der Waals surface area contributed by atoms with Crippen molar-refractivity contribution in [2.45, 2.75) is 32.2 Å². The number of aliphatic hydroxyl groups is 1. The lowest BCUT2D eigenvalue weighted by Crippen LogP contribution is -2.48. The summed E-state index contributed by atoms with van der Waals surface area (Å²) < 4.78 is 0. The molecule has 0 saturated carbocycles. The summed E-state index contributed by atoms with van der Waals surface area (Å²) in [6, 6.07) is -0.672. The van der Waals surface area contributed by atoms with Crippen LogP contribution in [0.4, 0.5) is 0 Å². The first-order valence-corrected chi connectivity index (χ1v) is 5.47. The van der Waals surface area contributed by atoms with Crippen LogP contribution in [0.1, 0.15) is 26.2 Å². The Labute approximate surface area is 94.2 Å². The number of nitrogens with one attached hydrogen (secondary N) is 1. The third-order valence-electron chi connectivity index (χ3n) is 2.70. The molecule has 16 heavy (non-hydrogen) atoms. The monoisotopic (exact) mass is 230 g/mol. The number of hydroxylamine groups is 2. The summed E-state index contributed by atoms with van der Waals surface area (Å²) in [7, 11) is 0. The van der Waals surface area contributed by atoms with Gasteiger partial charge >= 0.3 is 0 Å². The zero-order valence-electron chi connectivity index (χ0n) is 9.35. The number of aliphatic hydroxyl groups excluding tert-OH is 1. The van der Waals surface area contributed by atoms with Crippen molar-refractivity contribution in [2.24, 2.45) is 5.92 Å². The third kappa shape index (κ3) is 3.18. The second-order valence-electron chi connectivity index (χ2n) is 4.10. The van der Waals surface area contributed by atoms with E-state index in [2.05, 4.69) is 5.32 Å².